The fourth-order valence-electron chi connectivity index (χ4n) is 2.88. The first-order valence-corrected chi connectivity index (χ1v) is 8.54. The molecular formula is C19H24IN. The van der Waals surface area contributed by atoms with Crippen LogP contribution in [0.15, 0.2) is 48.5 Å². The average Bonchev–Trinajstić information content (AvgIpc) is 2.42. The molecule has 0 amide bonds. The average molecular weight is 393 g/mol. The monoisotopic (exact) mass is 393 g/mol. The minimum absolute atomic E-state index is 0.171. The third-order valence-electron chi connectivity index (χ3n) is 3.96. The molecule has 2 aromatic carbocycles. The van der Waals surface area contributed by atoms with Crippen LogP contribution in [0, 0.1) is 10.5 Å². The van der Waals surface area contributed by atoms with E-state index in [-0.39, 0.29) is 5.41 Å². The van der Waals surface area contributed by atoms with Crippen molar-refractivity contribution in [2.45, 2.75) is 45.6 Å². The summed E-state index contributed by atoms with van der Waals surface area (Å²) in [5.41, 5.74) is 4.13. The molecule has 1 N–H and O–H groups in total. The van der Waals surface area contributed by atoms with Gasteiger partial charge in [-0.15, -0.1) is 0 Å². The molecule has 0 aliphatic heterocycles. The fourth-order valence-corrected chi connectivity index (χ4v) is 3.53. The number of aryl methyl sites for hydroxylation is 1. The maximum atomic E-state index is 3.66. The third kappa shape index (κ3) is 4.47. The van der Waals surface area contributed by atoms with Gasteiger partial charge in [-0.05, 0) is 77.6 Å². The molecule has 1 unspecified atom stereocenters. The van der Waals surface area contributed by atoms with E-state index in [1.54, 1.807) is 0 Å². The Kier molecular flexibility index (Phi) is 5.31. The Morgan fingerprint density at radius 3 is 2.38 bits per heavy atom. The minimum atomic E-state index is 0.171. The highest BCUT2D eigenvalue weighted by Gasteiger charge is 2.23. The van der Waals surface area contributed by atoms with Gasteiger partial charge in [-0.2, -0.15) is 0 Å². The SMILES string of the molecule is Cc1cc(I)ccc1NC(C)CC(C)(C)c1ccccc1. The molecule has 1 atom stereocenters. The molecule has 0 radical (unpaired) electrons. The van der Waals surface area contributed by atoms with Gasteiger partial charge in [0.25, 0.3) is 0 Å². The number of hydrogen-bond acceptors (Lipinski definition) is 1. The molecule has 0 aromatic heterocycles. The van der Waals surface area contributed by atoms with E-state index in [1.165, 1.54) is 20.4 Å². The van der Waals surface area contributed by atoms with Crippen LogP contribution in [-0.2, 0) is 5.41 Å². The summed E-state index contributed by atoms with van der Waals surface area (Å²) in [6, 6.07) is 17.8. The molecule has 0 spiro atoms. The molecule has 0 saturated carbocycles. The first kappa shape index (κ1) is 16.3. The third-order valence-corrected chi connectivity index (χ3v) is 4.63. The van der Waals surface area contributed by atoms with E-state index in [2.05, 4.69) is 104 Å². The van der Waals surface area contributed by atoms with Gasteiger partial charge in [-0.25, -0.2) is 0 Å². The Morgan fingerprint density at radius 2 is 1.76 bits per heavy atom. The van der Waals surface area contributed by atoms with E-state index in [1.807, 2.05) is 0 Å². The first-order chi connectivity index (χ1) is 9.88. The molecule has 2 rings (SSSR count). The Bertz CT molecular complexity index is 590. The van der Waals surface area contributed by atoms with Crippen LogP contribution in [0.3, 0.4) is 0 Å². The lowest BCUT2D eigenvalue weighted by Gasteiger charge is -2.30. The number of anilines is 1. The van der Waals surface area contributed by atoms with Gasteiger partial charge in [0.15, 0.2) is 0 Å². The van der Waals surface area contributed by atoms with Crippen LogP contribution in [0.5, 0.6) is 0 Å². The summed E-state index contributed by atoms with van der Waals surface area (Å²) in [7, 11) is 0. The van der Waals surface area contributed by atoms with Crippen molar-refractivity contribution in [2.75, 3.05) is 5.32 Å². The molecule has 0 heterocycles. The second kappa shape index (κ2) is 6.82. The molecular weight excluding hydrogens is 369 g/mol. The van der Waals surface area contributed by atoms with E-state index >= 15 is 0 Å². The van der Waals surface area contributed by atoms with Gasteiger partial charge in [-0.3, -0.25) is 0 Å². The second-order valence-electron chi connectivity index (χ2n) is 6.46. The van der Waals surface area contributed by atoms with Crippen LogP contribution in [-0.4, -0.2) is 6.04 Å². The topological polar surface area (TPSA) is 12.0 Å². The zero-order valence-electron chi connectivity index (χ0n) is 13.3. The molecule has 0 aliphatic carbocycles. The highest BCUT2D eigenvalue weighted by Crippen LogP contribution is 2.29. The predicted molar refractivity (Wildman–Crippen MR) is 101 cm³/mol. The fraction of sp³-hybridized carbons (Fsp3) is 0.368. The van der Waals surface area contributed by atoms with Crippen molar-refractivity contribution in [1.29, 1.82) is 0 Å². The Balaban J connectivity index is 2.06. The molecule has 0 fully saturated rings. The van der Waals surface area contributed by atoms with Crippen molar-refractivity contribution in [3.63, 3.8) is 0 Å². The summed E-state index contributed by atoms with van der Waals surface area (Å²) in [4.78, 5) is 0. The molecule has 112 valence electrons. The normalized spacial score (nSPS) is 13.0. The smallest absolute Gasteiger partial charge is 0.0372 e. The highest BCUT2D eigenvalue weighted by atomic mass is 127. The van der Waals surface area contributed by atoms with Gasteiger partial charge in [0.2, 0.25) is 0 Å². The lowest BCUT2D eigenvalue weighted by molar-refractivity contribution is 0.450. The van der Waals surface area contributed by atoms with E-state index in [0.717, 1.165) is 6.42 Å². The van der Waals surface area contributed by atoms with Crippen molar-refractivity contribution < 1.29 is 0 Å². The Morgan fingerprint density at radius 1 is 1.10 bits per heavy atom. The minimum Gasteiger partial charge on any atom is -0.382 e. The number of rotatable bonds is 5. The van der Waals surface area contributed by atoms with E-state index in [9.17, 15) is 0 Å². The van der Waals surface area contributed by atoms with Crippen molar-refractivity contribution in [2.24, 2.45) is 0 Å². The van der Waals surface area contributed by atoms with Crippen LogP contribution in [0.2, 0.25) is 0 Å². The van der Waals surface area contributed by atoms with Crippen LogP contribution in [0.1, 0.15) is 38.3 Å². The molecule has 1 nitrogen and oxygen atoms in total. The number of nitrogens with one attached hydrogen (secondary N) is 1. The van der Waals surface area contributed by atoms with E-state index in [0.29, 0.717) is 6.04 Å². The van der Waals surface area contributed by atoms with Crippen molar-refractivity contribution in [1.82, 2.24) is 0 Å². The quantitative estimate of drug-likeness (QED) is 0.636. The molecule has 0 bridgehead atoms. The maximum Gasteiger partial charge on any atom is 0.0372 e. The van der Waals surface area contributed by atoms with E-state index < -0.39 is 0 Å². The second-order valence-corrected chi connectivity index (χ2v) is 7.70. The van der Waals surface area contributed by atoms with Crippen molar-refractivity contribution in [3.05, 3.63) is 63.2 Å². The van der Waals surface area contributed by atoms with Gasteiger partial charge in [-0.1, -0.05) is 44.2 Å². The maximum absolute atomic E-state index is 3.66. The summed E-state index contributed by atoms with van der Waals surface area (Å²) < 4.78 is 1.29. The highest BCUT2D eigenvalue weighted by molar-refractivity contribution is 14.1. The van der Waals surface area contributed by atoms with Crippen molar-refractivity contribution >= 4 is 28.3 Å². The van der Waals surface area contributed by atoms with Crippen LogP contribution in [0.4, 0.5) is 5.69 Å². The summed E-state index contributed by atoms with van der Waals surface area (Å²) in [5.74, 6) is 0. The summed E-state index contributed by atoms with van der Waals surface area (Å²) in [5, 5.41) is 3.66. The standard InChI is InChI=1S/C19H24IN/c1-14-12-17(20)10-11-18(14)21-15(2)13-19(3,4)16-8-6-5-7-9-16/h5-12,15,21H,13H2,1-4H3. The lowest BCUT2D eigenvalue weighted by Crippen LogP contribution is -2.28. The molecule has 21 heavy (non-hydrogen) atoms. The zero-order valence-corrected chi connectivity index (χ0v) is 15.4. The molecule has 0 saturated heterocycles. The van der Waals surface area contributed by atoms with Crippen LogP contribution >= 0.6 is 22.6 Å². The van der Waals surface area contributed by atoms with Gasteiger partial charge in [0, 0.05) is 15.3 Å². The van der Waals surface area contributed by atoms with Gasteiger partial charge >= 0.3 is 0 Å². The van der Waals surface area contributed by atoms with Gasteiger partial charge in [0.1, 0.15) is 0 Å². The van der Waals surface area contributed by atoms with Crippen LogP contribution < -0.4 is 5.32 Å². The number of halogens is 1. The molecule has 0 aliphatic rings. The first-order valence-electron chi connectivity index (χ1n) is 7.47. The predicted octanol–water partition coefficient (Wildman–Crippen LogP) is 5.77. The Hall–Kier alpha value is -1.03. The van der Waals surface area contributed by atoms with Crippen molar-refractivity contribution in [3.8, 4) is 0 Å². The largest absolute Gasteiger partial charge is 0.382 e. The zero-order chi connectivity index (χ0) is 15.5. The summed E-state index contributed by atoms with van der Waals surface area (Å²) in [6.45, 7) is 9.07. The number of benzene rings is 2. The lowest BCUT2D eigenvalue weighted by atomic mass is 9.79. The molecule has 2 heteroatoms. The summed E-state index contributed by atoms with van der Waals surface area (Å²) >= 11 is 2.36. The summed E-state index contributed by atoms with van der Waals surface area (Å²) in [6.07, 6.45) is 1.10. The van der Waals surface area contributed by atoms with Crippen LogP contribution in [0.25, 0.3) is 0 Å². The number of hydrogen-bond donors (Lipinski definition) is 1. The van der Waals surface area contributed by atoms with E-state index in [4.69, 9.17) is 0 Å². The molecule has 2 aromatic rings. The van der Waals surface area contributed by atoms with Gasteiger partial charge in [0.05, 0.1) is 0 Å². The Labute approximate surface area is 142 Å². The van der Waals surface area contributed by atoms with Gasteiger partial charge < -0.3 is 5.32 Å².